The Balaban J connectivity index is 1.35. The molecule has 0 radical (unpaired) electrons. The van der Waals surface area contributed by atoms with Crippen LogP contribution in [0.5, 0.6) is 0 Å². The van der Waals surface area contributed by atoms with Gasteiger partial charge in [-0.15, -0.1) is 0 Å². The molecule has 120 valence electrons. The molecule has 2 saturated heterocycles. The molecule has 0 saturated carbocycles. The fourth-order valence-corrected chi connectivity index (χ4v) is 3.52. The van der Waals surface area contributed by atoms with Crippen LogP contribution in [0.1, 0.15) is 32.6 Å². The fourth-order valence-electron chi connectivity index (χ4n) is 3.52. The molecular weight excluding hydrogens is 276 g/mol. The predicted octanol–water partition coefficient (Wildman–Crippen LogP) is 1.97. The SMILES string of the molecule is CC1CCCCN1C1CN(CCC(=O)Nc2cccnc2)C1. The first-order valence-electron chi connectivity index (χ1n) is 8.40. The Bertz CT molecular complexity index is 487. The largest absolute Gasteiger partial charge is 0.325 e. The summed E-state index contributed by atoms with van der Waals surface area (Å²) in [5, 5.41) is 2.89. The summed E-state index contributed by atoms with van der Waals surface area (Å²) in [4.78, 5) is 21.0. The van der Waals surface area contributed by atoms with Crippen molar-refractivity contribution in [2.75, 3.05) is 31.5 Å². The van der Waals surface area contributed by atoms with E-state index in [-0.39, 0.29) is 5.91 Å². The molecule has 5 nitrogen and oxygen atoms in total. The molecule has 0 bridgehead atoms. The van der Waals surface area contributed by atoms with Gasteiger partial charge in [0, 0.05) is 44.3 Å². The Hall–Kier alpha value is -1.46. The maximum absolute atomic E-state index is 11.9. The molecule has 2 aliphatic heterocycles. The number of pyridine rings is 1. The van der Waals surface area contributed by atoms with Crippen molar-refractivity contribution in [2.45, 2.75) is 44.7 Å². The number of hydrogen-bond acceptors (Lipinski definition) is 4. The number of likely N-dealkylation sites (tertiary alicyclic amines) is 2. The number of amides is 1. The lowest BCUT2D eigenvalue weighted by molar-refractivity contribution is -0.117. The molecule has 22 heavy (non-hydrogen) atoms. The van der Waals surface area contributed by atoms with Crippen LogP contribution in [0, 0.1) is 0 Å². The Kier molecular flexibility index (Phi) is 5.05. The van der Waals surface area contributed by atoms with Gasteiger partial charge in [-0.05, 0) is 38.4 Å². The van der Waals surface area contributed by atoms with Crippen molar-refractivity contribution in [3.05, 3.63) is 24.5 Å². The number of nitrogens with one attached hydrogen (secondary N) is 1. The zero-order chi connectivity index (χ0) is 15.4. The highest BCUT2D eigenvalue weighted by molar-refractivity contribution is 5.90. The van der Waals surface area contributed by atoms with Crippen LogP contribution in [0.15, 0.2) is 24.5 Å². The molecule has 2 fully saturated rings. The Labute approximate surface area is 132 Å². The number of nitrogens with zero attached hydrogens (tertiary/aromatic N) is 3. The molecule has 0 aliphatic carbocycles. The Morgan fingerprint density at radius 1 is 1.41 bits per heavy atom. The van der Waals surface area contributed by atoms with Gasteiger partial charge in [-0.1, -0.05) is 6.42 Å². The zero-order valence-corrected chi connectivity index (χ0v) is 13.4. The van der Waals surface area contributed by atoms with Gasteiger partial charge < -0.3 is 5.32 Å². The third kappa shape index (κ3) is 3.84. The molecule has 0 aromatic carbocycles. The average Bonchev–Trinajstić information content (AvgIpc) is 2.48. The van der Waals surface area contributed by atoms with Crippen LogP contribution in [0.25, 0.3) is 0 Å². The van der Waals surface area contributed by atoms with Crippen molar-refractivity contribution >= 4 is 11.6 Å². The molecule has 1 aromatic rings. The second-order valence-electron chi connectivity index (χ2n) is 6.54. The van der Waals surface area contributed by atoms with E-state index in [0.29, 0.717) is 12.5 Å². The molecule has 1 atom stereocenters. The first-order chi connectivity index (χ1) is 10.7. The molecule has 0 spiro atoms. The van der Waals surface area contributed by atoms with Crippen LogP contribution in [0.3, 0.4) is 0 Å². The summed E-state index contributed by atoms with van der Waals surface area (Å²) in [7, 11) is 0. The quantitative estimate of drug-likeness (QED) is 0.903. The molecule has 5 heteroatoms. The topological polar surface area (TPSA) is 48.5 Å². The summed E-state index contributed by atoms with van der Waals surface area (Å²) in [5.74, 6) is 0.0720. The van der Waals surface area contributed by atoms with E-state index in [1.54, 1.807) is 12.4 Å². The first kappa shape index (κ1) is 15.4. The van der Waals surface area contributed by atoms with Crippen molar-refractivity contribution in [2.24, 2.45) is 0 Å². The number of carbonyl (C=O) groups is 1. The minimum Gasteiger partial charge on any atom is -0.325 e. The van der Waals surface area contributed by atoms with Crippen molar-refractivity contribution in [3.63, 3.8) is 0 Å². The van der Waals surface area contributed by atoms with Crippen molar-refractivity contribution in [1.82, 2.24) is 14.8 Å². The molecule has 1 unspecified atom stereocenters. The number of anilines is 1. The molecule has 1 aromatic heterocycles. The van der Waals surface area contributed by atoms with Crippen molar-refractivity contribution in [1.29, 1.82) is 0 Å². The first-order valence-corrected chi connectivity index (χ1v) is 8.40. The summed E-state index contributed by atoms with van der Waals surface area (Å²) in [6.07, 6.45) is 7.99. The van der Waals surface area contributed by atoms with Gasteiger partial charge in [-0.3, -0.25) is 19.6 Å². The lowest BCUT2D eigenvalue weighted by Gasteiger charge is -2.49. The molecular formula is C17H26N4O. The highest BCUT2D eigenvalue weighted by Gasteiger charge is 2.34. The third-order valence-corrected chi connectivity index (χ3v) is 4.86. The van der Waals surface area contributed by atoms with Crippen molar-refractivity contribution < 1.29 is 4.79 Å². The minimum absolute atomic E-state index is 0.0720. The van der Waals surface area contributed by atoms with E-state index < -0.39 is 0 Å². The second kappa shape index (κ2) is 7.20. The Morgan fingerprint density at radius 3 is 3.00 bits per heavy atom. The van der Waals surface area contributed by atoms with Crippen molar-refractivity contribution in [3.8, 4) is 0 Å². The van der Waals surface area contributed by atoms with E-state index in [1.807, 2.05) is 12.1 Å². The second-order valence-corrected chi connectivity index (χ2v) is 6.54. The standard InChI is InChI=1S/C17H26N4O/c1-14-5-2-3-9-21(14)16-12-20(13-16)10-7-17(22)19-15-6-4-8-18-11-15/h4,6,8,11,14,16H,2-3,5,7,9-10,12-13H2,1H3,(H,19,22). The van der Waals surface area contributed by atoms with Crippen LogP contribution in [-0.4, -0.2) is 59.0 Å². The summed E-state index contributed by atoms with van der Waals surface area (Å²) in [6, 6.07) is 5.13. The number of carbonyl (C=O) groups excluding carboxylic acids is 1. The number of rotatable bonds is 5. The maximum Gasteiger partial charge on any atom is 0.225 e. The summed E-state index contributed by atoms with van der Waals surface area (Å²) in [6.45, 7) is 6.68. The molecule has 1 N–H and O–H groups in total. The summed E-state index contributed by atoms with van der Waals surface area (Å²) < 4.78 is 0. The van der Waals surface area contributed by atoms with E-state index >= 15 is 0 Å². The number of aromatic nitrogens is 1. The Morgan fingerprint density at radius 2 is 2.27 bits per heavy atom. The van der Waals surface area contributed by atoms with Gasteiger partial charge in [0.15, 0.2) is 0 Å². The average molecular weight is 302 g/mol. The van der Waals surface area contributed by atoms with Crippen LogP contribution < -0.4 is 5.32 Å². The van der Waals surface area contributed by atoms with E-state index in [4.69, 9.17) is 0 Å². The monoisotopic (exact) mass is 302 g/mol. The van der Waals surface area contributed by atoms with Gasteiger partial charge in [0.25, 0.3) is 0 Å². The van der Waals surface area contributed by atoms with Crippen LogP contribution in [0.4, 0.5) is 5.69 Å². The molecule has 1 amide bonds. The van der Waals surface area contributed by atoms with E-state index in [1.165, 1.54) is 25.8 Å². The highest BCUT2D eigenvalue weighted by atomic mass is 16.1. The van der Waals surface area contributed by atoms with Gasteiger partial charge in [0.2, 0.25) is 5.91 Å². The van der Waals surface area contributed by atoms with Gasteiger partial charge >= 0.3 is 0 Å². The molecule has 2 aliphatic rings. The number of piperidine rings is 1. The number of hydrogen-bond donors (Lipinski definition) is 1. The van der Waals surface area contributed by atoms with Crippen LogP contribution >= 0.6 is 0 Å². The summed E-state index contributed by atoms with van der Waals surface area (Å²) in [5.41, 5.74) is 0.774. The molecule has 3 rings (SSSR count). The van der Waals surface area contributed by atoms with Gasteiger partial charge in [-0.2, -0.15) is 0 Å². The minimum atomic E-state index is 0.0720. The smallest absolute Gasteiger partial charge is 0.225 e. The summed E-state index contributed by atoms with van der Waals surface area (Å²) >= 11 is 0. The van der Waals surface area contributed by atoms with E-state index in [9.17, 15) is 4.79 Å². The maximum atomic E-state index is 11.9. The van der Waals surface area contributed by atoms with Crippen LogP contribution in [0.2, 0.25) is 0 Å². The lowest BCUT2D eigenvalue weighted by atomic mass is 9.97. The third-order valence-electron chi connectivity index (χ3n) is 4.86. The lowest BCUT2D eigenvalue weighted by Crippen LogP contribution is -2.62. The van der Waals surface area contributed by atoms with Gasteiger partial charge in [0.1, 0.15) is 0 Å². The molecule has 3 heterocycles. The van der Waals surface area contributed by atoms with E-state index in [2.05, 4.69) is 27.0 Å². The zero-order valence-electron chi connectivity index (χ0n) is 13.4. The fraction of sp³-hybridized carbons (Fsp3) is 0.647. The van der Waals surface area contributed by atoms with Gasteiger partial charge in [-0.25, -0.2) is 0 Å². The normalized spacial score (nSPS) is 24.0. The van der Waals surface area contributed by atoms with Crippen LogP contribution in [-0.2, 0) is 4.79 Å². The van der Waals surface area contributed by atoms with E-state index in [0.717, 1.165) is 31.4 Å². The van der Waals surface area contributed by atoms with Gasteiger partial charge in [0.05, 0.1) is 11.9 Å². The predicted molar refractivity (Wildman–Crippen MR) is 87.7 cm³/mol. The highest BCUT2D eigenvalue weighted by Crippen LogP contribution is 2.24.